The molecule has 14 heavy (non-hydrogen) atoms. The van der Waals surface area contributed by atoms with E-state index < -0.39 is 0 Å². The van der Waals surface area contributed by atoms with Crippen LogP contribution in [0.1, 0.15) is 47.0 Å². The lowest BCUT2D eigenvalue weighted by Crippen LogP contribution is -2.26. The van der Waals surface area contributed by atoms with E-state index in [9.17, 15) is 0 Å². The van der Waals surface area contributed by atoms with Crippen molar-refractivity contribution in [1.29, 1.82) is 0 Å². The molecule has 1 aliphatic carbocycles. The first-order valence-electron chi connectivity index (χ1n) is 6.14. The van der Waals surface area contributed by atoms with Gasteiger partial charge in [-0.3, -0.25) is 0 Å². The van der Waals surface area contributed by atoms with Crippen molar-refractivity contribution < 1.29 is 0 Å². The molecule has 1 heterocycles. The number of likely N-dealkylation sites (tertiary alicyclic amines) is 1. The SMILES string of the molecule is C=C(C1CC1)N1CC(C)CC1C.CC. The quantitative estimate of drug-likeness (QED) is 0.650. The molecule has 2 fully saturated rings. The average Bonchev–Trinajstić information content (AvgIpc) is 2.95. The van der Waals surface area contributed by atoms with Crippen LogP contribution < -0.4 is 0 Å². The van der Waals surface area contributed by atoms with Gasteiger partial charge in [-0.05, 0) is 38.0 Å². The second kappa shape index (κ2) is 4.86. The standard InChI is InChI=1S/C11H19N.C2H6/c1-8-6-9(2)12(7-8)10(3)11-4-5-11;1-2/h8-9,11H,3-7H2,1-2H3;1-2H3. The lowest BCUT2D eigenvalue weighted by Gasteiger charge is -2.25. The number of hydrogen-bond donors (Lipinski definition) is 0. The first kappa shape index (κ1) is 11.6. The summed E-state index contributed by atoms with van der Waals surface area (Å²) in [7, 11) is 0. The van der Waals surface area contributed by atoms with Gasteiger partial charge in [0, 0.05) is 18.3 Å². The highest BCUT2D eigenvalue weighted by molar-refractivity contribution is 5.09. The minimum absolute atomic E-state index is 0.744. The van der Waals surface area contributed by atoms with Crippen LogP contribution in [0.15, 0.2) is 12.3 Å². The normalized spacial score (nSPS) is 31.0. The van der Waals surface area contributed by atoms with Crippen molar-refractivity contribution in [2.75, 3.05) is 6.54 Å². The van der Waals surface area contributed by atoms with Crippen LogP contribution in [0.5, 0.6) is 0 Å². The van der Waals surface area contributed by atoms with E-state index >= 15 is 0 Å². The summed E-state index contributed by atoms with van der Waals surface area (Å²) in [4.78, 5) is 2.53. The minimum atomic E-state index is 0.744. The molecule has 0 radical (unpaired) electrons. The van der Waals surface area contributed by atoms with Crippen LogP contribution >= 0.6 is 0 Å². The molecular formula is C13H25N. The lowest BCUT2D eigenvalue weighted by molar-refractivity contribution is 0.321. The highest BCUT2D eigenvalue weighted by Crippen LogP contribution is 2.40. The monoisotopic (exact) mass is 195 g/mol. The van der Waals surface area contributed by atoms with E-state index in [-0.39, 0.29) is 0 Å². The van der Waals surface area contributed by atoms with Crippen molar-refractivity contribution in [3.63, 3.8) is 0 Å². The molecule has 2 unspecified atom stereocenters. The summed E-state index contributed by atoms with van der Waals surface area (Å²) >= 11 is 0. The third-order valence-electron chi connectivity index (χ3n) is 3.20. The molecule has 1 aliphatic heterocycles. The average molecular weight is 195 g/mol. The molecule has 0 spiro atoms. The van der Waals surface area contributed by atoms with Crippen molar-refractivity contribution in [2.45, 2.75) is 53.0 Å². The molecule has 2 rings (SSSR count). The maximum absolute atomic E-state index is 4.21. The van der Waals surface area contributed by atoms with Crippen molar-refractivity contribution >= 4 is 0 Å². The van der Waals surface area contributed by atoms with Gasteiger partial charge in [-0.25, -0.2) is 0 Å². The fourth-order valence-corrected chi connectivity index (χ4v) is 2.35. The Morgan fingerprint density at radius 3 is 2.14 bits per heavy atom. The molecule has 0 bridgehead atoms. The van der Waals surface area contributed by atoms with Gasteiger partial charge in [0.05, 0.1) is 0 Å². The fraction of sp³-hybridized carbons (Fsp3) is 0.846. The van der Waals surface area contributed by atoms with E-state index in [4.69, 9.17) is 0 Å². The second-order valence-corrected chi connectivity index (χ2v) is 4.61. The number of allylic oxidation sites excluding steroid dienone is 1. The number of hydrogen-bond acceptors (Lipinski definition) is 1. The zero-order chi connectivity index (χ0) is 10.7. The van der Waals surface area contributed by atoms with Crippen molar-refractivity contribution in [3.8, 4) is 0 Å². The lowest BCUT2D eigenvalue weighted by atomic mass is 10.1. The van der Waals surface area contributed by atoms with Gasteiger partial charge in [0.2, 0.25) is 0 Å². The molecule has 0 aromatic carbocycles. The maximum atomic E-state index is 4.21. The Balaban J connectivity index is 0.000000461. The van der Waals surface area contributed by atoms with Crippen molar-refractivity contribution in [3.05, 3.63) is 12.3 Å². The molecule has 0 aromatic rings. The highest BCUT2D eigenvalue weighted by Gasteiger charge is 2.34. The highest BCUT2D eigenvalue weighted by atomic mass is 15.2. The topological polar surface area (TPSA) is 3.24 Å². The predicted molar refractivity (Wildman–Crippen MR) is 63.2 cm³/mol. The summed E-state index contributed by atoms with van der Waals surface area (Å²) in [6.45, 7) is 14.1. The Kier molecular flexibility index (Phi) is 4.03. The minimum Gasteiger partial charge on any atom is -0.372 e. The second-order valence-electron chi connectivity index (χ2n) is 4.61. The summed E-state index contributed by atoms with van der Waals surface area (Å²) in [5.41, 5.74) is 1.42. The van der Waals surface area contributed by atoms with E-state index in [0.29, 0.717) is 0 Å². The summed E-state index contributed by atoms with van der Waals surface area (Å²) < 4.78 is 0. The van der Waals surface area contributed by atoms with E-state index in [1.54, 1.807) is 0 Å². The Morgan fingerprint density at radius 2 is 1.79 bits per heavy atom. The maximum Gasteiger partial charge on any atom is 0.0261 e. The summed E-state index contributed by atoms with van der Waals surface area (Å²) in [6.07, 6.45) is 4.12. The van der Waals surface area contributed by atoms with Gasteiger partial charge in [-0.1, -0.05) is 27.4 Å². The zero-order valence-corrected chi connectivity index (χ0v) is 10.2. The fourth-order valence-electron chi connectivity index (χ4n) is 2.35. The van der Waals surface area contributed by atoms with Crippen LogP contribution in [-0.2, 0) is 0 Å². The number of rotatable bonds is 2. The van der Waals surface area contributed by atoms with Gasteiger partial charge in [0.25, 0.3) is 0 Å². The first-order chi connectivity index (χ1) is 6.68. The molecule has 2 aliphatic rings. The van der Waals surface area contributed by atoms with Gasteiger partial charge < -0.3 is 4.90 Å². The van der Waals surface area contributed by atoms with Gasteiger partial charge >= 0.3 is 0 Å². The van der Waals surface area contributed by atoms with Crippen LogP contribution in [0, 0.1) is 11.8 Å². The third kappa shape index (κ3) is 2.52. The molecule has 1 saturated carbocycles. The van der Waals surface area contributed by atoms with E-state index in [0.717, 1.165) is 17.9 Å². The molecule has 0 aromatic heterocycles. The third-order valence-corrected chi connectivity index (χ3v) is 3.20. The van der Waals surface area contributed by atoms with Crippen molar-refractivity contribution in [1.82, 2.24) is 4.90 Å². The van der Waals surface area contributed by atoms with Crippen LogP contribution in [0.3, 0.4) is 0 Å². The zero-order valence-electron chi connectivity index (χ0n) is 10.2. The summed E-state index contributed by atoms with van der Waals surface area (Å²) in [5, 5.41) is 0. The van der Waals surface area contributed by atoms with E-state index in [2.05, 4.69) is 25.3 Å². The van der Waals surface area contributed by atoms with E-state index in [1.807, 2.05) is 13.8 Å². The Bertz CT molecular complexity index is 193. The largest absolute Gasteiger partial charge is 0.372 e. The molecule has 1 saturated heterocycles. The van der Waals surface area contributed by atoms with Gasteiger partial charge in [-0.2, -0.15) is 0 Å². The van der Waals surface area contributed by atoms with Gasteiger partial charge in [-0.15, -0.1) is 0 Å². The van der Waals surface area contributed by atoms with Crippen molar-refractivity contribution in [2.24, 2.45) is 11.8 Å². The van der Waals surface area contributed by atoms with Gasteiger partial charge in [0.15, 0.2) is 0 Å². The Morgan fingerprint density at radius 1 is 1.21 bits per heavy atom. The molecule has 0 amide bonds. The smallest absolute Gasteiger partial charge is 0.0261 e. The van der Waals surface area contributed by atoms with Gasteiger partial charge in [0.1, 0.15) is 0 Å². The molecule has 2 atom stereocenters. The van der Waals surface area contributed by atoms with E-state index in [1.165, 1.54) is 31.5 Å². The molecule has 0 N–H and O–H groups in total. The van der Waals surface area contributed by atoms with Crippen LogP contribution in [0.4, 0.5) is 0 Å². The van der Waals surface area contributed by atoms with Crippen LogP contribution in [-0.4, -0.2) is 17.5 Å². The van der Waals surface area contributed by atoms with Crippen LogP contribution in [0.2, 0.25) is 0 Å². The molecule has 1 heteroatoms. The molecule has 1 nitrogen and oxygen atoms in total. The Labute approximate surface area is 89.2 Å². The first-order valence-corrected chi connectivity index (χ1v) is 6.14. The summed E-state index contributed by atoms with van der Waals surface area (Å²) in [5.74, 6) is 1.72. The summed E-state index contributed by atoms with van der Waals surface area (Å²) in [6, 6.07) is 0.744. The number of nitrogens with zero attached hydrogens (tertiary/aromatic N) is 1. The molecule has 82 valence electrons. The Hall–Kier alpha value is -0.460. The molecular weight excluding hydrogens is 170 g/mol. The van der Waals surface area contributed by atoms with Crippen LogP contribution in [0.25, 0.3) is 0 Å². The predicted octanol–water partition coefficient (Wildman–Crippen LogP) is 3.67.